The molecule has 0 aliphatic heterocycles. The molecule has 0 aliphatic carbocycles. The van der Waals surface area contributed by atoms with Gasteiger partial charge >= 0.3 is 6.03 Å². The predicted molar refractivity (Wildman–Crippen MR) is 114 cm³/mol. The summed E-state index contributed by atoms with van der Waals surface area (Å²) in [6.07, 6.45) is 0.464. The van der Waals surface area contributed by atoms with E-state index in [1.165, 1.54) is 4.57 Å². The summed E-state index contributed by atoms with van der Waals surface area (Å²) in [4.78, 5) is 29.7. The minimum Gasteiger partial charge on any atom is -0.396 e. The number of carbonyl (C=O) groups is 1. The number of rotatable bonds is 6. The summed E-state index contributed by atoms with van der Waals surface area (Å²) in [5.41, 5.74) is 7.21. The average molecular weight is 416 g/mol. The lowest BCUT2D eigenvalue weighted by Gasteiger charge is -2.17. The van der Waals surface area contributed by atoms with Gasteiger partial charge in [0.05, 0.1) is 27.7 Å². The fourth-order valence-electron chi connectivity index (χ4n) is 2.92. The second-order valence-corrected chi connectivity index (χ2v) is 6.95. The Morgan fingerprint density at radius 3 is 2.79 bits per heavy atom. The standard InChI is InChI=1S/C20H22ClN5O3/c1-12(22)18-25-17-15(7-3-8-16(17)21)19(28)26(18)14-6-2-5-13(11-14)24-20(29)23-9-4-10-27/h2-3,5-8,11-12,27H,4,9-10,22H2,1H3,(H2,23,24,29)/t12-/m0/s1. The highest BCUT2D eigenvalue weighted by atomic mass is 35.5. The van der Waals surface area contributed by atoms with E-state index in [0.717, 1.165) is 0 Å². The van der Waals surface area contributed by atoms with Crippen molar-refractivity contribution < 1.29 is 9.90 Å². The van der Waals surface area contributed by atoms with Gasteiger partial charge in [0.25, 0.3) is 5.56 Å². The third-order valence-electron chi connectivity index (χ3n) is 4.27. The van der Waals surface area contributed by atoms with Gasteiger partial charge in [0, 0.05) is 18.8 Å². The number of aliphatic hydroxyl groups excluding tert-OH is 1. The number of halogens is 1. The number of nitrogens with one attached hydrogen (secondary N) is 2. The highest BCUT2D eigenvalue weighted by molar-refractivity contribution is 6.35. The van der Waals surface area contributed by atoms with Crippen LogP contribution >= 0.6 is 11.6 Å². The van der Waals surface area contributed by atoms with Gasteiger partial charge in [-0.05, 0) is 43.7 Å². The number of aromatic nitrogens is 2. The van der Waals surface area contributed by atoms with Crippen molar-refractivity contribution >= 4 is 34.2 Å². The molecule has 1 aromatic heterocycles. The van der Waals surface area contributed by atoms with Gasteiger partial charge in [-0.3, -0.25) is 9.36 Å². The minimum atomic E-state index is -0.526. The topological polar surface area (TPSA) is 122 Å². The number of fused-ring (bicyclic) bond motifs is 1. The van der Waals surface area contributed by atoms with Crippen LogP contribution in [0.2, 0.25) is 5.02 Å². The Morgan fingerprint density at radius 1 is 1.31 bits per heavy atom. The number of nitrogens with two attached hydrogens (primary N) is 1. The summed E-state index contributed by atoms with van der Waals surface area (Å²) in [5, 5.41) is 14.9. The minimum absolute atomic E-state index is 0.00227. The molecule has 0 fully saturated rings. The molecule has 0 aliphatic rings. The Hall–Kier alpha value is -2.94. The molecule has 3 rings (SSSR count). The third-order valence-corrected chi connectivity index (χ3v) is 4.57. The van der Waals surface area contributed by atoms with Crippen molar-refractivity contribution in [3.8, 4) is 5.69 Å². The molecule has 152 valence electrons. The van der Waals surface area contributed by atoms with Gasteiger partial charge in [-0.2, -0.15) is 0 Å². The monoisotopic (exact) mass is 415 g/mol. The SMILES string of the molecule is C[C@H](N)c1nc2c(Cl)cccc2c(=O)n1-c1cccc(NC(=O)NCCCO)c1. The van der Waals surface area contributed by atoms with Crippen molar-refractivity contribution in [1.82, 2.24) is 14.9 Å². The van der Waals surface area contributed by atoms with Crippen molar-refractivity contribution in [2.24, 2.45) is 5.73 Å². The van der Waals surface area contributed by atoms with E-state index in [2.05, 4.69) is 15.6 Å². The Bertz CT molecular complexity index is 1100. The van der Waals surface area contributed by atoms with Crippen molar-refractivity contribution in [3.63, 3.8) is 0 Å². The highest BCUT2D eigenvalue weighted by Gasteiger charge is 2.17. The second kappa shape index (κ2) is 9.04. The second-order valence-electron chi connectivity index (χ2n) is 6.54. The van der Waals surface area contributed by atoms with E-state index in [9.17, 15) is 9.59 Å². The molecule has 0 saturated heterocycles. The molecule has 9 heteroatoms. The van der Waals surface area contributed by atoms with E-state index in [-0.39, 0.29) is 12.2 Å². The number of para-hydroxylation sites is 1. The quantitative estimate of drug-likeness (QED) is 0.461. The fourth-order valence-corrected chi connectivity index (χ4v) is 3.14. The van der Waals surface area contributed by atoms with Crippen molar-refractivity contribution in [2.45, 2.75) is 19.4 Å². The normalized spacial score (nSPS) is 12.0. The van der Waals surface area contributed by atoms with Gasteiger partial charge in [0.2, 0.25) is 0 Å². The molecule has 0 saturated carbocycles. The number of hydrogen-bond donors (Lipinski definition) is 4. The number of nitrogens with zero attached hydrogens (tertiary/aromatic N) is 2. The van der Waals surface area contributed by atoms with Crippen LogP contribution < -0.4 is 21.9 Å². The van der Waals surface area contributed by atoms with Crippen LogP contribution in [0.5, 0.6) is 0 Å². The Kier molecular flexibility index (Phi) is 6.48. The summed E-state index contributed by atoms with van der Waals surface area (Å²) in [6, 6.07) is 10.9. The van der Waals surface area contributed by atoms with Crippen LogP contribution in [0.4, 0.5) is 10.5 Å². The van der Waals surface area contributed by atoms with Gasteiger partial charge in [-0.25, -0.2) is 9.78 Å². The van der Waals surface area contributed by atoms with Crippen LogP contribution in [-0.4, -0.2) is 33.8 Å². The van der Waals surface area contributed by atoms with E-state index >= 15 is 0 Å². The molecule has 2 aromatic carbocycles. The van der Waals surface area contributed by atoms with Crippen LogP contribution in [-0.2, 0) is 0 Å². The number of aliphatic hydroxyl groups is 1. The summed E-state index contributed by atoms with van der Waals surface area (Å²) in [7, 11) is 0. The maximum Gasteiger partial charge on any atom is 0.319 e. The number of hydrogen-bond acceptors (Lipinski definition) is 5. The van der Waals surface area contributed by atoms with E-state index in [1.807, 2.05) is 0 Å². The molecule has 0 radical (unpaired) electrons. The van der Waals surface area contributed by atoms with E-state index < -0.39 is 12.1 Å². The number of benzene rings is 2. The first-order valence-corrected chi connectivity index (χ1v) is 9.53. The maximum atomic E-state index is 13.2. The number of anilines is 1. The molecule has 0 bridgehead atoms. The van der Waals surface area contributed by atoms with E-state index in [0.29, 0.717) is 46.1 Å². The lowest BCUT2D eigenvalue weighted by Crippen LogP contribution is -2.30. The summed E-state index contributed by atoms with van der Waals surface area (Å²) < 4.78 is 1.43. The fraction of sp³-hybridized carbons (Fsp3) is 0.250. The molecule has 29 heavy (non-hydrogen) atoms. The van der Waals surface area contributed by atoms with Crippen LogP contribution in [0.1, 0.15) is 25.2 Å². The smallest absolute Gasteiger partial charge is 0.319 e. The lowest BCUT2D eigenvalue weighted by molar-refractivity contribution is 0.249. The Balaban J connectivity index is 2.04. The first-order chi connectivity index (χ1) is 13.9. The molecule has 0 spiro atoms. The van der Waals surface area contributed by atoms with Gasteiger partial charge in [0.15, 0.2) is 0 Å². The average Bonchev–Trinajstić information content (AvgIpc) is 2.69. The van der Waals surface area contributed by atoms with Crippen molar-refractivity contribution in [2.75, 3.05) is 18.5 Å². The summed E-state index contributed by atoms with van der Waals surface area (Å²) in [5.74, 6) is 0.361. The summed E-state index contributed by atoms with van der Waals surface area (Å²) >= 11 is 6.22. The van der Waals surface area contributed by atoms with E-state index in [1.54, 1.807) is 49.4 Å². The van der Waals surface area contributed by atoms with Crippen LogP contribution in [0.15, 0.2) is 47.3 Å². The number of urea groups is 1. The Morgan fingerprint density at radius 2 is 2.07 bits per heavy atom. The van der Waals surface area contributed by atoms with Gasteiger partial charge in [0.1, 0.15) is 5.82 Å². The predicted octanol–water partition coefficient (Wildman–Crippen LogP) is 2.56. The third kappa shape index (κ3) is 4.56. The lowest BCUT2D eigenvalue weighted by atomic mass is 10.2. The van der Waals surface area contributed by atoms with Crippen LogP contribution in [0.25, 0.3) is 16.6 Å². The van der Waals surface area contributed by atoms with Crippen LogP contribution in [0.3, 0.4) is 0 Å². The molecule has 1 heterocycles. The van der Waals surface area contributed by atoms with Gasteiger partial charge in [-0.15, -0.1) is 0 Å². The van der Waals surface area contributed by atoms with Crippen LogP contribution in [0, 0.1) is 0 Å². The molecular weight excluding hydrogens is 394 g/mol. The zero-order valence-electron chi connectivity index (χ0n) is 15.9. The van der Waals surface area contributed by atoms with E-state index in [4.69, 9.17) is 22.4 Å². The largest absolute Gasteiger partial charge is 0.396 e. The Labute approximate surface area is 172 Å². The number of carbonyl (C=O) groups excluding carboxylic acids is 1. The molecule has 5 N–H and O–H groups in total. The molecular formula is C20H22ClN5O3. The molecule has 8 nitrogen and oxygen atoms in total. The molecule has 1 atom stereocenters. The van der Waals surface area contributed by atoms with Crippen molar-refractivity contribution in [3.05, 3.63) is 63.7 Å². The molecule has 2 amide bonds. The maximum absolute atomic E-state index is 13.2. The highest BCUT2D eigenvalue weighted by Crippen LogP contribution is 2.23. The first-order valence-electron chi connectivity index (χ1n) is 9.15. The first kappa shape index (κ1) is 20.8. The zero-order valence-corrected chi connectivity index (χ0v) is 16.6. The molecule has 3 aromatic rings. The summed E-state index contributed by atoms with van der Waals surface area (Å²) in [6.45, 7) is 2.08. The van der Waals surface area contributed by atoms with Gasteiger partial charge < -0.3 is 21.5 Å². The zero-order chi connectivity index (χ0) is 21.0. The van der Waals surface area contributed by atoms with Crippen molar-refractivity contribution in [1.29, 1.82) is 0 Å². The molecule has 0 unspecified atom stereocenters. The number of amides is 2. The van der Waals surface area contributed by atoms with Gasteiger partial charge in [-0.1, -0.05) is 23.7 Å².